The SMILES string of the molecule is COc1cc(N)cc(C(=O)NCC(N)=O)c1. The monoisotopic (exact) mass is 223 g/mol. The second kappa shape index (κ2) is 5.01. The van der Waals surface area contributed by atoms with Crippen molar-refractivity contribution in [2.24, 2.45) is 5.73 Å². The Morgan fingerprint density at radius 1 is 1.38 bits per heavy atom. The third-order valence-corrected chi connectivity index (χ3v) is 1.85. The second-order valence-corrected chi connectivity index (χ2v) is 3.14. The lowest BCUT2D eigenvalue weighted by atomic mass is 10.2. The van der Waals surface area contributed by atoms with Crippen LogP contribution in [-0.2, 0) is 4.79 Å². The van der Waals surface area contributed by atoms with Gasteiger partial charge in [0, 0.05) is 17.3 Å². The molecule has 0 aliphatic rings. The first-order valence-electron chi connectivity index (χ1n) is 4.54. The second-order valence-electron chi connectivity index (χ2n) is 3.14. The number of ether oxygens (including phenoxy) is 1. The zero-order valence-corrected chi connectivity index (χ0v) is 8.82. The van der Waals surface area contributed by atoms with E-state index in [1.807, 2.05) is 0 Å². The Balaban J connectivity index is 2.82. The molecule has 1 aromatic carbocycles. The zero-order chi connectivity index (χ0) is 12.1. The molecule has 0 bridgehead atoms. The maximum absolute atomic E-state index is 11.5. The number of methoxy groups -OCH3 is 1. The van der Waals surface area contributed by atoms with Crippen molar-refractivity contribution in [2.75, 3.05) is 19.4 Å². The zero-order valence-electron chi connectivity index (χ0n) is 8.82. The smallest absolute Gasteiger partial charge is 0.251 e. The molecule has 0 heterocycles. The van der Waals surface area contributed by atoms with Crippen molar-refractivity contribution in [1.82, 2.24) is 5.32 Å². The summed E-state index contributed by atoms with van der Waals surface area (Å²) < 4.78 is 4.96. The number of benzene rings is 1. The van der Waals surface area contributed by atoms with Gasteiger partial charge in [-0.3, -0.25) is 9.59 Å². The van der Waals surface area contributed by atoms with Crippen molar-refractivity contribution in [3.63, 3.8) is 0 Å². The van der Waals surface area contributed by atoms with Crippen molar-refractivity contribution in [1.29, 1.82) is 0 Å². The quantitative estimate of drug-likeness (QED) is 0.597. The van der Waals surface area contributed by atoms with Crippen LogP contribution in [0.2, 0.25) is 0 Å². The molecular weight excluding hydrogens is 210 g/mol. The molecule has 5 N–H and O–H groups in total. The van der Waals surface area contributed by atoms with Crippen LogP contribution >= 0.6 is 0 Å². The number of nitrogens with one attached hydrogen (secondary N) is 1. The topological polar surface area (TPSA) is 107 Å². The van der Waals surface area contributed by atoms with Gasteiger partial charge in [-0.05, 0) is 12.1 Å². The van der Waals surface area contributed by atoms with Crippen molar-refractivity contribution in [2.45, 2.75) is 0 Å². The molecule has 16 heavy (non-hydrogen) atoms. The van der Waals surface area contributed by atoms with Gasteiger partial charge >= 0.3 is 0 Å². The normalized spacial score (nSPS) is 9.56. The molecule has 0 radical (unpaired) electrons. The van der Waals surface area contributed by atoms with Crippen LogP contribution < -0.4 is 21.5 Å². The van der Waals surface area contributed by atoms with Crippen LogP contribution in [0.5, 0.6) is 5.75 Å². The number of nitrogens with two attached hydrogens (primary N) is 2. The number of anilines is 1. The molecule has 0 aliphatic heterocycles. The molecule has 0 aromatic heterocycles. The standard InChI is InChI=1S/C10H13N3O3/c1-16-8-3-6(2-7(11)4-8)10(15)13-5-9(12)14/h2-4H,5,11H2,1H3,(H2,12,14)(H,13,15). The fourth-order valence-electron chi connectivity index (χ4n) is 1.14. The van der Waals surface area contributed by atoms with E-state index in [1.165, 1.54) is 19.2 Å². The number of primary amides is 1. The van der Waals surface area contributed by atoms with Crippen LogP contribution in [-0.4, -0.2) is 25.5 Å². The fraction of sp³-hybridized carbons (Fsp3) is 0.200. The largest absolute Gasteiger partial charge is 0.497 e. The van der Waals surface area contributed by atoms with E-state index in [0.717, 1.165) is 0 Å². The van der Waals surface area contributed by atoms with Gasteiger partial charge in [0.05, 0.1) is 13.7 Å². The number of amides is 2. The van der Waals surface area contributed by atoms with Crippen LogP contribution in [0.4, 0.5) is 5.69 Å². The van der Waals surface area contributed by atoms with Crippen molar-refractivity contribution < 1.29 is 14.3 Å². The highest BCUT2D eigenvalue weighted by molar-refractivity contribution is 5.97. The van der Waals surface area contributed by atoms with Gasteiger partial charge in [0.25, 0.3) is 5.91 Å². The van der Waals surface area contributed by atoms with Crippen molar-refractivity contribution in [3.05, 3.63) is 23.8 Å². The summed E-state index contributed by atoms with van der Waals surface area (Å²) in [4.78, 5) is 22.0. The summed E-state index contributed by atoms with van der Waals surface area (Å²) >= 11 is 0. The summed E-state index contributed by atoms with van der Waals surface area (Å²) in [5.41, 5.74) is 11.2. The summed E-state index contributed by atoms with van der Waals surface area (Å²) in [5.74, 6) is -0.558. The summed E-state index contributed by atoms with van der Waals surface area (Å²) in [6.07, 6.45) is 0. The fourth-order valence-corrected chi connectivity index (χ4v) is 1.14. The van der Waals surface area contributed by atoms with Crippen LogP contribution in [0.1, 0.15) is 10.4 Å². The molecule has 0 fully saturated rings. The third kappa shape index (κ3) is 3.16. The van der Waals surface area contributed by atoms with Gasteiger partial charge in [-0.2, -0.15) is 0 Å². The van der Waals surface area contributed by atoms with Crippen LogP contribution in [0.25, 0.3) is 0 Å². The van der Waals surface area contributed by atoms with E-state index < -0.39 is 11.8 Å². The molecule has 0 aliphatic carbocycles. The van der Waals surface area contributed by atoms with E-state index in [1.54, 1.807) is 6.07 Å². The Hall–Kier alpha value is -2.24. The highest BCUT2D eigenvalue weighted by atomic mass is 16.5. The van der Waals surface area contributed by atoms with Gasteiger partial charge in [-0.1, -0.05) is 0 Å². The summed E-state index contributed by atoms with van der Waals surface area (Å²) in [6.45, 7) is -0.212. The molecule has 0 spiro atoms. The Morgan fingerprint density at radius 3 is 2.62 bits per heavy atom. The maximum Gasteiger partial charge on any atom is 0.251 e. The Kier molecular flexibility index (Phi) is 3.71. The van der Waals surface area contributed by atoms with Gasteiger partial charge in [-0.15, -0.1) is 0 Å². The minimum Gasteiger partial charge on any atom is -0.497 e. The number of hydrogen-bond donors (Lipinski definition) is 3. The summed E-state index contributed by atoms with van der Waals surface area (Å²) in [6, 6.07) is 4.59. The van der Waals surface area contributed by atoms with E-state index in [2.05, 4.69) is 5.32 Å². The lowest BCUT2D eigenvalue weighted by Crippen LogP contribution is -2.33. The average Bonchev–Trinajstić information content (AvgIpc) is 2.24. The predicted molar refractivity (Wildman–Crippen MR) is 58.9 cm³/mol. The van der Waals surface area contributed by atoms with E-state index in [4.69, 9.17) is 16.2 Å². The number of carbonyl (C=O) groups excluding carboxylic acids is 2. The number of hydrogen-bond acceptors (Lipinski definition) is 4. The number of rotatable bonds is 4. The summed E-state index contributed by atoms with van der Waals surface area (Å²) in [5, 5.41) is 2.35. The molecular formula is C10H13N3O3. The van der Waals surface area contributed by atoms with Gasteiger partial charge in [0.1, 0.15) is 5.75 Å². The number of nitrogen functional groups attached to an aromatic ring is 1. The lowest BCUT2D eigenvalue weighted by Gasteiger charge is -2.06. The van der Waals surface area contributed by atoms with Crippen LogP contribution in [0, 0.1) is 0 Å². The molecule has 0 atom stereocenters. The minimum atomic E-state index is -0.607. The molecule has 1 rings (SSSR count). The maximum atomic E-state index is 11.5. The van der Waals surface area contributed by atoms with Gasteiger partial charge in [0.2, 0.25) is 5.91 Å². The Morgan fingerprint density at radius 2 is 2.06 bits per heavy atom. The van der Waals surface area contributed by atoms with E-state index in [-0.39, 0.29) is 6.54 Å². The first-order valence-corrected chi connectivity index (χ1v) is 4.54. The molecule has 0 saturated carbocycles. The van der Waals surface area contributed by atoms with Crippen LogP contribution in [0.3, 0.4) is 0 Å². The Labute approximate surface area is 92.6 Å². The van der Waals surface area contributed by atoms with Gasteiger partial charge < -0.3 is 21.5 Å². The molecule has 0 saturated heterocycles. The Bertz CT molecular complexity index is 418. The first-order chi connectivity index (χ1) is 7.52. The molecule has 2 amide bonds. The summed E-state index contributed by atoms with van der Waals surface area (Å²) in [7, 11) is 1.47. The first kappa shape index (κ1) is 11.8. The van der Waals surface area contributed by atoms with Crippen molar-refractivity contribution in [3.8, 4) is 5.75 Å². The molecule has 6 nitrogen and oxygen atoms in total. The minimum absolute atomic E-state index is 0.212. The van der Waals surface area contributed by atoms with E-state index >= 15 is 0 Å². The van der Waals surface area contributed by atoms with Crippen molar-refractivity contribution >= 4 is 17.5 Å². The van der Waals surface area contributed by atoms with Gasteiger partial charge in [-0.25, -0.2) is 0 Å². The molecule has 6 heteroatoms. The third-order valence-electron chi connectivity index (χ3n) is 1.85. The van der Waals surface area contributed by atoms with Gasteiger partial charge in [0.15, 0.2) is 0 Å². The van der Waals surface area contributed by atoms with E-state index in [0.29, 0.717) is 17.0 Å². The molecule has 86 valence electrons. The van der Waals surface area contributed by atoms with E-state index in [9.17, 15) is 9.59 Å². The van der Waals surface area contributed by atoms with Crippen LogP contribution in [0.15, 0.2) is 18.2 Å². The number of carbonyl (C=O) groups is 2. The average molecular weight is 223 g/mol. The highest BCUT2D eigenvalue weighted by Gasteiger charge is 2.08. The predicted octanol–water partition coefficient (Wildman–Crippen LogP) is -0.507. The highest BCUT2D eigenvalue weighted by Crippen LogP contribution is 2.18. The lowest BCUT2D eigenvalue weighted by molar-refractivity contribution is -0.117. The molecule has 0 unspecified atom stereocenters. The molecule has 1 aromatic rings.